The molecule has 98 valence electrons. The number of nitrogens with one attached hydrogen (secondary N) is 1. The number of hydrogen-bond donors (Lipinski definition) is 2. The van der Waals surface area contributed by atoms with E-state index in [1.807, 2.05) is 0 Å². The molecule has 0 saturated carbocycles. The van der Waals surface area contributed by atoms with Crippen LogP contribution in [0, 0.1) is 0 Å². The van der Waals surface area contributed by atoms with Crippen molar-refractivity contribution >= 4 is 11.8 Å². The van der Waals surface area contributed by atoms with Gasteiger partial charge in [0.05, 0.1) is 19.2 Å². The minimum Gasteiger partial charge on any atom is -0.394 e. The molecule has 2 amide bonds. The van der Waals surface area contributed by atoms with Gasteiger partial charge in [-0.05, 0) is 12.8 Å². The molecule has 1 fully saturated rings. The number of carbonyl (C=O) groups is 2. The number of amides is 2. The van der Waals surface area contributed by atoms with E-state index in [0.717, 1.165) is 6.42 Å². The van der Waals surface area contributed by atoms with E-state index in [2.05, 4.69) is 5.32 Å². The number of aliphatic hydroxyl groups is 1. The monoisotopic (exact) mass is 244 g/mol. The van der Waals surface area contributed by atoms with Crippen LogP contribution in [0.4, 0.5) is 0 Å². The molecular formula is C11H20N2O4. The maximum Gasteiger partial charge on any atom is 0.239 e. The molecule has 1 heterocycles. The topological polar surface area (TPSA) is 78.9 Å². The van der Waals surface area contributed by atoms with Gasteiger partial charge >= 0.3 is 0 Å². The summed E-state index contributed by atoms with van der Waals surface area (Å²) < 4.78 is 4.88. The molecule has 6 heteroatoms. The third kappa shape index (κ3) is 4.70. The lowest BCUT2D eigenvalue weighted by Gasteiger charge is -2.19. The maximum absolute atomic E-state index is 11.6. The SMILES string of the molecule is COCCC(CO)NC(=O)CN1CCCC1=O. The number of carbonyl (C=O) groups excluding carboxylic acids is 2. The lowest BCUT2D eigenvalue weighted by atomic mass is 10.2. The number of rotatable bonds is 7. The summed E-state index contributed by atoms with van der Waals surface area (Å²) in [7, 11) is 1.57. The molecule has 0 spiro atoms. The molecule has 0 aromatic carbocycles. The van der Waals surface area contributed by atoms with Gasteiger partial charge in [0.15, 0.2) is 0 Å². The Hall–Kier alpha value is -1.14. The van der Waals surface area contributed by atoms with Crippen molar-refractivity contribution in [3.8, 4) is 0 Å². The van der Waals surface area contributed by atoms with Gasteiger partial charge in [0, 0.05) is 26.7 Å². The van der Waals surface area contributed by atoms with Crippen LogP contribution < -0.4 is 5.32 Å². The number of likely N-dealkylation sites (tertiary alicyclic amines) is 1. The van der Waals surface area contributed by atoms with Crippen molar-refractivity contribution in [3.63, 3.8) is 0 Å². The van der Waals surface area contributed by atoms with E-state index < -0.39 is 0 Å². The van der Waals surface area contributed by atoms with Crippen molar-refractivity contribution in [1.29, 1.82) is 0 Å². The smallest absolute Gasteiger partial charge is 0.239 e. The molecule has 17 heavy (non-hydrogen) atoms. The van der Waals surface area contributed by atoms with Crippen LogP contribution in [0.1, 0.15) is 19.3 Å². The largest absolute Gasteiger partial charge is 0.394 e. The van der Waals surface area contributed by atoms with E-state index in [1.165, 1.54) is 0 Å². The molecule has 0 bridgehead atoms. The Balaban J connectivity index is 2.29. The highest BCUT2D eigenvalue weighted by Crippen LogP contribution is 2.08. The normalized spacial score (nSPS) is 17.3. The van der Waals surface area contributed by atoms with Gasteiger partial charge in [-0.2, -0.15) is 0 Å². The highest BCUT2D eigenvalue weighted by molar-refractivity contribution is 5.85. The van der Waals surface area contributed by atoms with E-state index in [1.54, 1.807) is 12.0 Å². The first-order valence-corrected chi connectivity index (χ1v) is 5.84. The van der Waals surface area contributed by atoms with E-state index in [0.29, 0.717) is 26.0 Å². The lowest BCUT2D eigenvalue weighted by molar-refractivity contribution is -0.133. The average molecular weight is 244 g/mol. The van der Waals surface area contributed by atoms with E-state index >= 15 is 0 Å². The highest BCUT2D eigenvalue weighted by atomic mass is 16.5. The predicted octanol–water partition coefficient (Wildman–Crippen LogP) is -0.878. The van der Waals surface area contributed by atoms with Gasteiger partial charge in [0.1, 0.15) is 0 Å². The lowest BCUT2D eigenvalue weighted by Crippen LogP contribution is -2.44. The van der Waals surface area contributed by atoms with Crippen LogP contribution >= 0.6 is 0 Å². The van der Waals surface area contributed by atoms with Gasteiger partial charge in [-0.25, -0.2) is 0 Å². The summed E-state index contributed by atoms with van der Waals surface area (Å²) in [6.45, 7) is 1.09. The summed E-state index contributed by atoms with van der Waals surface area (Å²) in [5.41, 5.74) is 0. The average Bonchev–Trinajstić information content (AvgIpc) is 2.70. The first-order chi connectivity index (χ1) is 8.17. The Morgan fingerprint density at radius 1 is 1.65 bits per heavy atom. The minimum absolute atomic E-state index is 0.0255. The predicted molar refractivity (Wildman–Crippen MR) is 61.3 cm³/mol. The Morgan fingerprint density at radius 2 is 2.41 bits per heavy atom. The summed E-state index contributed by atoms with van der Waals surface area (Å²) in [5.74, 6) is -0.201. The molecule has 2 N–H and O–H groups in total. The molecule has 6 nitrogen and oxygen atoms in total. The third-order valence-corrected chi connectivity index (χ3v) is 2.76. The zero-order valence-corrected chi connectivity index (χ0v) is 10.1. The first-order valence-electron chi connectivity index (χ1n) is 5.84. The quantitative estimate of drug-likeness (QED) is 0.610. The summed E-state index contributed by atoms with van der Waals surface area (Å²) in [6.07, 6.45) is 1.91. The number of nitrogens with zero attached hydrogens (tertiary/aromatic N) is 1. The van der Waals surface area contributed by atoms with E-state index in [-0.39, 0.29) is 31.0 Å². The van der Waals surface area contributed by atoms with Gasteiger partial charge in [-0.3, -0.25) is 9.59 Å². The zero-order chi connectivity index (χ0) is 12.7. The van der Waals surface area contributed by atoms with Gasteiger partial charge < -0.3 is 20.1 Å². The molecule has 0 aromatic rings. The Kier molecular flexibility index (Phi) is 5.93. The fourth-order valence-electron chi connectivity index (χ4n) is 1.79. The van der Waals surface area contributed by atoms with E-state index in [4.69, 9.17) is 9.84 Å². The zero-order valence-electron chi connectivity index (χ0n) is 10.1. The molecule has 0 aromatic heterocycles. The molecule has 0 aliphatic carbocycles. The summed E-state index contributed by atoms with van der Waals surface area (Å²) in [4.78, 5) is 24.5. The molecule has 1 aliphatic rings. The van der Waals surface area contributed by atoms with Crippen LogP contribution in [0.3, 0.4) is 0 Å². The molecule has 0 radical (unpaired) electrons. The summed E-state index contributed by atoms with van der Waals surface area (Å²) >= 11 is 0. The molecule has 1 unspecified atom stereocenters. The second-order valence-corrected chi connectivity index (χ2v) is 4.15. The van der Waals surface area contributed by atoms with Gasteiger partial charge in [0.2, 0.25) is 11.8 Å². The van der Waals surface area contributed by atoms with Gasteiger partial charge in [-0.1, -0.05) is 0 Å². The Bertz CT molecular complexity index is 270. The molecule has 1 saturated heterocycles. The summed E-state index contributed by atoms with van der Waals surface area (Å²) in [6, 6.07) is -0.305. The van der Waals surface area contributed by atoms with Gasteiger partial charge in [0.25, 0.3) is 0 Å². The molecular weight excluding hydrogens is 224 g/mol. The number of aliphatic hydroxyl groups excluding tert-OH is 1. The Morgan fingerprint density at radius 3 is 2.94 bits per heavy atom. The highest BCUT2D eigenvalue weighted by Gasteiger charge is 2.23. The van der Waals surface area contributed by atoms with Crippen molar-refractivity contribution in [2.24, 2.45) is 0 Å². The van der Waals surface area contributed by atoms with Crippen molar-refractivity contribution in [3.05, 3.63) is 0 Å². The summed E-state index contributed by atoms with van der Waals surface area (Å²) in [5, 5.41) is 11.7. The maximum atomic E-state index is 11.6. The number of ether oxygens (including phenoxy) is 1. The van der Waals surface area contributed by atoms with Crippen LogP contribution in [0.5, 0.6) is 0 Å². The van der Waals surface area contributed by atoms with E-state index in [9.17, 15) is 9.59 Å². The standard InChI is InChI=1S/C11H20N2O4/c1-17-6-4-9(8-14)12-10(15)7-13-5-2-3-11(13)16/h9,14H,2-8H2,1H3,(H,12,15). The number of methoxy groups -OCH3 is 1. The van der Waals surface area contributed by atoms with Gasteiger partial charge in [-0.15, -0.1) is 0 Å². The van der Waals surface area contributed by atoms with Crippen LogP contribution in [0.25, 0.3) is 0 Å². The second-order valence-electron chi connectivity index (χ2n) is 4.15. The van der Waals surface area contributed by atoms with Crippen LogP contribution in [0.2, 0.25) is 0 Å². The van der Waals surface area contributed by atoms with Crippen LogP contribution in [0.15, 0.2) is 0 Å². The van der Waals surface area contributed by atoms with Crippen molar-refractivity contribution < 1.29 is 19.4 Å². The second kappa shape index (κ2) is 7.24. The fourth-order valence-corrected chi connectivity index (χ4v) is 1.79. The molecule has 1 aliphatic heterocycles. The van der Waals surface area contributed by atoms with Crippen molar-refractivity contribution in [2.45, 2.75) is 25.3 Å². The minimum atomic E-state index is -0.305. The third-order valence-electron chi connectivity index (χ3n) is 2.76. The fraction of sp³-hybridized carbons (Fsp3) is 0.818. The first kappa shape index (κ1) is 13.9. The molecule has 1 rings (SSSR count). The van der Waals surface area contributed by atoms with Crippen LogP contribution in [-0.2, 0) is 14.3 Å². The Labute approximate surface area is 101 Å². The van der Waals surface area contributed by atoms with Crippen molar-refractivity contribution in [1.82, 2.24) is 10.2 Å². The number of hydrogen-bond acceptors (Lipinski definition) is 4. The van der Waals surface area contributed by atoms with Crippen molar-refractivity contribution in [2.75, 3.05) is 33.4 Å². The molecule has 1 atom stereocenters. The van der Waals surface area contributed by atoms with Crippen LogP contribution in [-0.4, -0.2) is 61.3 Å².